The number of aromatic nitrogens is 3. The van der Waals surface area contributed by atoms with Gasteiger partial charge in [-0.05, 0) is 12.0 Å². The molecule has 92 valence electrons. The van der Waals surface area contributed by atoms with E-state index >= 15 is 0 Å². The molecule has 0 radical (unpaired) electrons. The van der Waals surface area contributed by atoms with Gasteiger partial charge in [0.05, 0.1) is 0 Å². The molecule has 0 saturated carbocycles. The van der Waals surface area contributed by atoms with E-state index in [-0.39, 0.29) is 5.41 Å². The van der Waals surface area contributed by atoms with Crippen LogP contribution in [0.2, 0.25) is 0 Å². The fourth-order valence-electron chi connectivity index (χ4n) is 1.42. The second kappa shape index (κ2) is 5.68. The molecule has 0 saturated heterocycles. The van der Waals surface area contributed by atoms with Gasteiger partial charge in [-0.1, -0.05) is 39.5 Å². The molecule has 1 N–H and O–H groups in total. The van der Waals surface area contributed by atoms with Gasteiger partial charge in [0.1, 0.15) is 6.33 Å². The molecule has 0 aliphatic carbocycles. The molecule has 1 atom stereocenters. The molecule has 0 spiro atoms. The van der Waals surface area contributed by atoms with Crippen molar-refractivity contribution in [3.8, 4) is 0 Å². The minimum atomic E-state index is 0.265. The molecule has 16 heavy (non-hydrogen) atoms. The zero-order chi connectivity index (χ0) is 12.2. The number of nitrogens with zero attached hydrogens (tertiary/aromatic N) is 3. The first-order valence-electron chi connectivity index (χ1n) is 5.65. The van der Waals surface area contributed by atoms with Crippen LogP contribution < -0.4 is 5.32 Å². The first-order chi connectivity index (χ1) is 7.45. The van der Waals surface area contributed by atoms with Crippen LogP contribution >= 0.6 is 11.8 Å². The van der Waals surface area contributed by atoms with Gasteiger partial charge in [0.2, 0.25) is 0 Å². The van der Waals surface area contributed by atoms with E-state index < -0.39 is 0 Å². The first-order valence-corrected chi connectivity index (χ1v) is 6.64. The van der Waals surface area contributed by atoms with Gasteiger partial charge >= 0.3 is 0 Å². The summed E-state index contributed by atoms with van der Waals surface area (Å²) in [4.78, 5) is 0. The lowest BCUT2D eigenvalue weighted by Gasteiger charge is -2.30. The van der Waals surface area contributed by atoms with Gasteiger partial charge in [0, 0.05) is 18.8 Å². The summed E-state index contributed by atoms with van der Waals surface area (Å²) in [7, 11) is 1.97. The van der Waals surface area contributed by atoms with E-state index in [0.29, 0.717) is 6.04 Å². The highest BCUT2D eigenvalue weighted by Gasteiger charge is 2.24. The topological polar surface area (TPSA) is 42.7 Å². The van der Waals surface area contributed by atoms with Crippen LogP contribution in [0.15, 0.2) is 11.5 Å². The average molecular weight is 242 g/mol. The predicted octanol–water partition coefficient (Wildman–Crippen LogP) is 1.93. The Hall–Kier alpha value is -0.550. The first kappa shape index (κ1) is 13.5. The van der Waals surface area contributed by atoms with Crippen LogP contribution in [-0.2, 0) is 7.05 Å². The van der Waals surface area contributed by atoms with Crippen molar-refractivity contribution >= 4 is 11.8 Å². The molecule has 0 bridgehead atoms. The Morgan fingerprint density at radius 2 is 2.19 bits per heavy atom. The third-order valence-corrected chi connectivity index (χ3v) is 3.67. The van der Waals surface area contributed by atoms with E-state index in [2.05, 4.69) is 43.2 Å². The molecule has 0 aliphatic heterocycles. The number of hydrogen-bond acceptors (Lipinski definition) is 4. The molecule has 1 rings (SSSR count). The molecular weight excluding hydrogens is 220 g/mol. The number of hydrogen-bond donors (Lipinski definition) is 1. The van der Waals surface area contributed by atoms with Gasteiger partial charge in [0.25, 0.3) is 0 Å². The Balaban J connectivity index is 2.54. The molecule has 0 amide bonds. The summed E-state index contributed by atoms with van der Waals surface area (Å²) >= 11 is 1.76. The third kappa shape index (κ3) is 3.79. The zero-order valence-electron chi connectivity index (χ0n) is 10.8. The molecule has 1 unspecified atom stereocenters. The van der Waals surface area contributed by atoms with Crippen LogP contribution in [0.3, 0.4) is 0 Å². The summed E-state index contributed by atoms with van der Waals surface area (Å²) < 4.78 is 1.95. The minimum Gasteiger partial charge on any atom is -0.313 e. The van der Waals surface area contributed by atoms with E-state index in [1.165, 1.54) is 0 Å². The Morgan fingerprint density at radius 1 is 1.50 bits per heavy atom. The third-order valence-electron chi connectivity index (χ3n) is 2.54. The summed E-state index contributed by atoms with van der Waals surface area (Å²) in [5, 5.41) is 12.5. The molecule has 1 aromatic heterocycles. The maximum atomic E-state index is 4.08. The minimum absolute atomic E-state index is 0.265. The van der Waals surface area contributed by atoms with E-state index in [9.17, 15) is 0 Å². The van der Waals surface area contributed by atoms with Crippen molar-refractivity contribution in [2.24, 2.45) is 12.5 Å². The zero-order valence-corrected chi connectivity index (χ0v) is 11.6. The molecular formula is C11H22N4S. The number of rotatable bonds is 5. The SMILES string of the molecule is CCNC(CSc1nncn1C)C(C)(C)C. The van der Waals surface area contributed by atoms with Crippen molar-refractivity contribution in [2.75, 3.05) is 12.3 Å². The Labute approximate surface area is 102 Å². The molecule has 0 aromatic carbocycles. The van der Waals surface area contributed by atoms with Crippen LogP contribution in [0.5, 0.6) is 0 Å². The second-order valence-electron chi connectivity index (χ2n) is 5.01. The lowest BCUT2D eigenvalue weighted by Crippen LogP contribution is -2.42. The highest BCUT2D eigenvalue weighted by Crippen LogP contribution is 2.25. The van der Waals surface area contributed by atoms with Crippen molar-refractivity contribution < 1.29 is 0 Å². The van der Waals surface area contributed by atoms with Crippen LogP contribution in [0.25, 0.3) is 0 Å². The lowest BCUT2D eigenvalue weighted by molar-refractivity contribution is 0.295. The van der Waals surface area contributed by atoms with Gasteiger partial charge in [-0.3, -0.25) is 0 Å². The van der Waals surface area contributed by atoms with E-state index in [4.69, 9.17) is 0 Å². The van der Waals surface area contributed by atoms with Gasteiger partial charge in [-0.25, -0.2) is 0 Å². The number of aryl methyl sites for hydroxylation is 1. The molecule has 4 nitrogen and oxygen atoms in total. The second-order valence-corrected chi connectivity index (χ2v) is 6.00. The maximum Gasteiger partial charge on any atom is 0.190 e. The molecule has 1 aromatic rings. The fraction of sp³-hybridized carbons (Fsp3) is 0.818. The average Bonchev–Trinajstić information content (AvgIpc) is 2.57. The van der Waals surface area contributed by atoms with Crippen molar-refractivity contribution in [2.45, 2.75) is 38.9 Å². The van der Waals surface area contributed by atoms with E-state index in [1.807, 2.05) is 11.6 Å². The van der Waals surface area contributed by atoms with Crippen LogP contribution in [-0.4, -0.2) is 33.1 Å². The van der Waals surface area contributed by atoms with Crippen molar-refractivity contribution in [3.05, 3.63) is 6.33 Å². The Kier molecular flexibility index (Phi) is 4.80. The molecule has 0 aliphatic rings. The monoisotopic (exact) mass is 242 g/mol. The van der Waals surface area contributed by atoms with Gasteiger partial charge < -0.3 is 9.88 Å². The van der Waals surface area contributed by atoms with Crippen LogP contribution in [0, 0.1) is 5.41 Å². The van der Waals surface area contributed by atoms with E-state index in [1.54, 1.807) is 18.1 Å². The number of nitrogens with one attached hydrogen (secondary N) is 1. The maximum absolute atomic E-state index is 4.08. The Bertz CT molecular complexity index is 316. The van der Waals surface area contributed by atoms with E-state index in [0.717, 1.165) is 17.5 Å². The molecule has 5 heteroatoms. The Morgan fingerprint density at radius 3 is 2.62 bits per heavy atom. The molecule has 1 heterocycles. The van der Waals surface area contributed by atoms with Gasteiger partial charge in [-0.15, -0.1) is 10.2 Å². The summed E-state index contributed by atoms with van der Waals surface area (Å²) in [6.07, 6.45) is 1.74. The summed E-state index contributed by atoms with van der Waals surface area (Å²) in [6, 6.07) is 0.485. The molecule has 0 fully saturated rings. The standard InChI is InChI=1S/C11H22N4S/c1-6-12-9(11(2,3)4)7-16-10-14-13-8-15(10)5/h8-9,12H,6-7H2,1-5H3. The number of thioether (sulfide) groups is 1. The van der Waals surface area contributed by atoms with Crippen molar-refractivity contribution in [1.82, 2.24) is 20.1 Å². The fourth-order valence-corrected chi connectivity index (χ4v) is 2.71. The van der Waals surface area contributed by atoms with Crippen molar-refractivity contribution in [3.63, 3.8) is 0 Å². The van der Waals surface area contributed by atoms with Crippen LogP contribution in [0.4, 0.5) is 0 Å². The largest absolute Gasteiger partial charge is 0.313 e. The van der Waals surface area contributed by atoms with Crippen LogP contribution in [0.1, 0.15) is 27.7 Å². The predicted molar refractivity (Wildman–Crippen MR) is 68.6 cm³/mol. The normalized spacial score (nSPS) is 14.1. The summed E-state index contributed by atoms with van der Waals surface area (Å²) in [5.74, 6) is 1.02. The van der Waals surface area contributed by atoms with Gasteiger partial charge in [0.15, 0.2) is 5.16 Å². The van der Waals surface area contributed by atoms with Gasteiger partial charge in [-0.2, -0.15) is 0 Å². The highest BCUT2D eigenvalue weighted by molar-refractivity contribution is 7.99. The highest BCUT2D eigenvalue weighted by atomic mass is 32.2. The quantitative estimate of drug-likeness (QED) is 0.801. The summed E-state index contributed by atoms with van der Waals surface area (Å²) in [6.45, 7) is 9.93. The smallest absolute Gasteiger partial charge is 0.190 e. The lowest BCUT2D eigenvalue weighted by atomic mass is 9.88. The van der Waals surface area contributed by atoms with Crippen molar-refractivity contribution in [1.29, 1.82) is 0 Å². The summed E-state index contributed by atoms with van der Waals surface area (Å²) in [5.41, 5.74) is 0.265.